The van der Waals surface area contributed by atoms with Gasteiger partial charge in [0.1, 0.15) is 10.7 Å². The van der Waals surface area contributed by atoms with E-state index in [1.54, 1.807) is 13.0 Å². The Morgan fingerprint density at radius 3 is 2.49 bits per heavy atom. The first-order valence-corrected chi connectivity index (χ1v) is 20.0. The molecule has 0 spiro atoms. The van der Waals surface area contributed by atoms with E-state index < -0.39 is 20.1 Å². The fourth-order valence-corrected chi connectivity index (χ4v) is 7.76. The minimum absolute atomic E-state index is 0.00915. The molecule has 0 radical (unpaired) electrons. The summed E-state index contributed by atoms with van der Waals surface area (Å²) in [5.41, 5.74) is 3.84. The zero-order chi connectivity index (χ0) is 34.1. The summed E-state index contributed by atoms with van der Waals surface area (Å²) in [7, 11) is -2.14. The lowest BCUT2D eigenvalue weighted by atomic mass is 9.99. The van der Waals surface area contributed by atoms with Gasteiger partial charge in [0.2, 0.25) is 0 Å². The van der Waals surface area contributed by atoms with E-state index in [0.717, 1.165) is 51.3 Å². The number of piperazine rings is 1. The zero-order valence-corrected chi connectivity index (χ0v) is 30.8. The van der Waals surface area contributed by atoms with Gasteiger partial charge in [-0.15, -0.1) is 0 Å². The van der Waals surface area contributed by atoms with Crippen molar-refractivity contribution in [1.82, 2.24) is 19.7 Å². The number of fused-ring (bicyclic) bond motifs is 1. The highest BCUT2D eigenvalue weighted by atomic mass is 35.5. The molecule has 0 saturated carbocycles. The van der Waals surface area contributed by atoms with Crippen LogP contribution in [0, 0.1) is 6.92 Å². The maximum atomic E-state index is 13.8. The summed E-state index contributed by atoms with van der Waals surface area (Å²) in [6, 6.07) is 14.2. The monoisotopic (exact) mass is 702 g/mol. The van der Waals surface area contributed by atoms with E-state index in [9.17, 15) is 13.2 Å². The van der Waals surface area contributed by atoms with E-state index in [1.807, 2.05) is 30.5 Å². The number of benzene rings is 2. The van der Waals surface area contributed by atoms with E-state index in [1.165, 1.54) is 23.4 Å². The summed E-state index contributed by atoms with van der Waals surface area (Å²) in [5, 5.41) is 0.587. The van der Waals surface area contributed by atoms with Crippen molar-refractivity contribution in [3.63, 3.8) is 0 Å². The van der Waals surface area contributed by atoms with Gasteiger partial charge in [0, 0.05) is 75.7 Å². The van der Waals surface area contributed by atoms with E-state index in [4.69, 9.17) is 28.2 Å². The molecular formula is C36H46ClF3N4OSSi. The van der Waals surface area contributed by atoms with E-state index in [2.05, 4.69) is 59.6 Å². The second-order valence-electron chi connectivity index (χ2n) is 14.5. The van der Waals surface area contributed by atoms with Gasteiger partial charge >= 0.3 is 6.18 Å². The van der Waals surface area contributed by atoms with Crippen LogP contribution in [0.4, 0.5) is 13.2 Å². The Morgan fingerprint density at radius 2 is 1.77 bits per heavy atom. The average Bonchev–Trinajstić information content (AvgIpc) is 3.00. The maximum absolute atomic E-state index is 13.8. The van der Waals surface area contributed by atoms with Gasteiger partial charge in [0.15, 0.2) is 0 Å². The standard InChI is InChI=1S/C36H46ClF3N4OSSi/c1-25-18-28(22-29(19-25)36(38,39)40)34(46)44-17-16-43(15-14-42-13-11-32-27(23-42)8-7-12-41-32)24-30(44)20-26-9-10-31(37)33(21-26)45-47(5,6)35(2,3)4/h7-10,12,18-19,21-22,30H,11,13-17,20,23-24H2,1-6H3. The minimum Gasteiger partial charge on any atom is -0.543 e. The van der Waals surface area contributed by atoms with Gasteiger partial charge in [-0.1, -0.05) is 56.7 Å². The van der Waals surface area contributed by atoms with Gasteiger partial charge in [-0.05, 0) is 84.6 Å². The second-order valence-corrected chi connectivity index (χ2v) is 20.0. The highest BCUT2D eigenvalue weighted by molar-refractivity contribution is 7.80. The summed E-state index contributed by atoms with van der Waals surface area (Å²) in [5.74, 6) is 0.686. The Hall–Kier alpha value is -2.50. The summed E-state index contributed by atoms with van der Waals surface area (Å²) >= 11 is 12.6. The quantitative estimate of drug-likeness (QED) is 0.173. The molecule has 2 aliphatic heterocycles. The normalized spacial score (nSPS) is 18.3. The Morgan fingerprint density at radius 1 is 1.02 bits per heavy atom. The molecule has 1 saturated heterocycles. The Balaban J connectivity index is 1.37. The molecule has 0 amide bonds. The number of rotatable bonds is 8. The van der Waals surface area contributed by atoms with Crippen LogP contribution in [0.25, 0.3) is 0 Å². The number of pyridine rings is 1. The molecule has 11 heteroatoms. The lowest BCUT2D eigenvalue weighted by Gasteiger charge is -2.44. The lowest BCUT2D eigenvalue weighted by Crippen LogP contribution is -2.56. The molecule has 0 bridgehead atoms. The molecule has 1 aromatic heterocycles. The zero-order valence-electron chi connectivity index (χ0n) is 28.3. The van der Waals surface area contributed by atoms with Gasteiger partial charge in [0.25, 0.3) is 8.32 Å². The molecular weight excluding hydrogens is 657 g/mol. The summed E-state index contributed by atoms with van der Waals surface area (Å²) < 4.78 is 47.9. The lowest BCUT2D eigenvalue weighted by molar-refractivity contribution is -0.137. The van der Waals surface area contributed by atoms with Gasteiger partial charge in [-0.3, -0.25) is 14.8 Å². The fraction of sp³-hybridized carbons (Fsp3) is 0.500. The third-order valence-electron chi connectivity index (χ3n) is 9.89. The molecule has 1 fully saturated rings. The number of aryl methyl sites for hydroxylation is 1. The summed E-state index contributed by atoms with van der Waals surface area (Å²) in [4.78, 5) is 12.1. The average molecular weight is 703 g/mol. The number of nitrogens with zero attached hydrogens (tertiary/aromatic N) is 4. The molecule has 3 heterocycles. The largest absolute Gasteiger partial charge is 0.543 e. The van der Waals surface area contributed by atoms with Gasteiger partial charge < -0.3 is 9.33 Å². The van der Waals surface area contributed by atoms with Crippen molar-refractivity contribution >= 4 is 37.1 Å². The summed E-state index contributed by atoms with van der Waals surface area (Å²) in [6.07, 6.45) is -0.971. The van der Waals surface area contributed by atoms with E-state index in [-0.39, 0.29) is 11.1 Å². The Kier molecular flexibility index (Phi) is 10.8. The predicted octanol–water partition coefficient (Wildman–Crippen LogP) is 8.41. The van der Waals surface area contributed by atoms with Crippen LogP contribution in [0.2, 0.25) is 23.2 Å². The van der Waals surface area contributed by atoms with Gasteiger partial charge in [-0.25, -0.2) is 0 Å². The number of thiocarbonyl (C=S) groups is 1. The Bertz CT molecular complexity index is 1600. The third kappa shape index (κ3) is 8.75. The first kappa shape index (κ1) is 35.8. The Labute approximate surface area is 289 Å². The van der Waals surface area contributed by atoms with Crippen molar-refractivity contribution < 1.29 is 17.6 Å². The topological polar surface area (TPSA) is 31.8 Å². The molecule has 5 rings (SSSR count). The number of hydrogen-bond donors (Lipinski definition) is 0. The molecule has 3 aromatic rings. The van der Waals surface area contributed by atoms with Crippen molar-refractivity contribution in [2.45, 2.75) is 77.4 Å². The smallest absolute Gasteiger partial charge is 0.416 e. The van der Waals surface area contributed by atoms with E-state index >= 15 is 0 Å². The highest BCUT2D eigenvalue weighted by Gasteiger charge is 2.39. The SMILES string of the molecule is Cc1cc(C(=S)N2CCN(CCN3CCc4ncccc4C3)CC2Cc2ccc(Cl)c(O[Si](C)(C)C(C)(C)C)c2)cc(C(F)(F)F)c1. The molecule has 47 heavy (non-hydrogen) atoms. The molecule has 1 unspecified atom stereocenters. The number of aromatic nitrogens is 1. The predicted molar refractivity (Wildman–Crippen MR) is 191 cm³/mol. The van der Waals surface area contributed by atoms with Crippen LogP contribution in [0.1, 0.15) is 54.3 Å². The maximum Gasteiger partial charge on any atom is 0.416 e. The fourth-order valence-electron chi connectivity index (χ4n) is 6.15. The van der Waals surface area contributed by atoms with E-state index in [0.29, 0.717) is 39.9 Å². The molecule has 1 atom stereocenters. The van der Waals surface area contributed by atoms with Crippen LogP contribution < -0.4 is 4.43 Å². The number of alkyl halides is 3. The van der Waals surface area contributed by atoms with Crippen LogP contribution >= 0.6 is 23.8 Å². The van der Waals surface area contributed by atoms with Crippen molar-refractivity contribution in [2.75, 3.05) is 39.3 Å². The van der Waals surface area contributed by atoms with Crippen LogP contribution in [-0.4, -0.2) is 78.3 Å². The molecule has 0 aliphatic carbocycles. The third-order valence-corrected chi connectivity index (χ3v) is 15.0. The van der Waals surface area contributed by atoms with Gasteiger partial charge in [0.05, 0.1) is 10.6 Å². The van der Waals surface area contributed by atoms with Crippen molar-refractivity contribution in [1.29, 1.82) is 0 Å². The minimum atomic E-state index is -4.44. The molecule has 5 nitrogen and oxygen atoms in total. The first-order chi connectivity index (χ1) is 22.0. The first-order valence-electron chi connectivity index (χ1n) is 16.3. The van der Waals surface area contributed by atoms with Crippen molar-refractivity contribution in [3.8, 4) is 5.75 Å². The van der Waals surface area contributed by atoms with Crippen LogP contribution in [-0.2, 0) is 25.6 Å². The van der Waals surface area contributed by atoms with Crippen LogP contribution in [0.3, 0.4) is 0 Å². The molecule has 2 aliphatic rings. The molecule has 0 N–H and O–H groups in total. The van der Waals surface area contributed by atoms with Crippen LogP contribution in [0.5, 0.6) is 5.75 Å². The van der Waals surface area contributed by atoms with Crippen molar-refractivity contribution in [2.24, 2.45) is 0 Å². The van der Waals surface area contributed by atoms with Crippen molar-refractivity contribution in [3.05, 3.63) is 93.3 Å². The van der Waals surface area contributed by atoms with Crippen LogP contribution in [0.15, 0.2) is 54.7 Å². The highest BCUT2D eigenvalue weighted by Crippen LogP contribution is 2.40. The number of halogens is 4. The number of hydrogen-bond acceptors (Lipinski definition) is 5. The van der Waals surface area contributed by atoms with Gasteiger partial charge in [-0.2, -0.15) is 13.2 Å². The molecule has 2 aromatic carbocycles. The summed E-state index contributed by atoms with van der Waals surface area (Å²) in [6.45, 7) is 18.5. The second kappa shape index (κ2) is 14.2. The molecule has 254 valence electrons.